The smallest absolute Gasteiger partial charge is 0.291 e. The van der Waals surface area contributed by atoms with Crippen molar-refractivity contribution < 1.29 is 9.59 Å². The van der Waals surface area contributed by atoms with Crippen molar-refractivity contribution in [1.82, 2.24) is 25.0 Å². The number of nitrogens with zero attached hydrogens (tertiary/aromatic N) is 4. The van der Waals surface area contributed by atoms with Gasteiger partial charge in [-0.1, -0.05) is 25.5 Å². The van der Waals surface area contributed by atoms with Crippen molar-refractivity contribution in [3.05, 3.63) is 23.3 Å². The standard InChI is InChI=1S/C17H25N5O2/c1-10(2)8-11-13(17(11,3)4)15(23)18-9-12-19-20-14-16(24)21(5)6-7-22(12)14/h8,11,13H,6-7,9H2,1-5H3,(H,18,23). The number of carbonyl (C=O) groups excluding carboxylic acids is 2. The summed E-state index contributed by atoms with van der Waals surface area (Å²) in [4.78, 5) is 26.2. The molecule has 0 radical (unpaired) electrons. The Labute approximate surface area is 142 Å². The minimum absolute atomic E-state index is 0.00962. The van der Waals surface area contributed by atoms with Crippen LogP contribution in [0.15, 0.2) is 11.6 Å². The largest absolute Gasteiger partial charge is 0.349 e. The maximum absolute atomic E-state index is 12.5. The van der Waals surface area contributed by atoms with E-state index in [1.807, 2.05) is 0 Å². The fraction of sp³-hybridized carbons (Fsp3) is 0.647. The molecule has 1 saturated carbocycles. The lowest BCUT2D eigenvalue weighted by molar-refractivity contribution is -0.123. The molecule has 2 unspecified atom stereocenters. The summed E-state index contributed by atoms with van der Waals surface area (Å²) in [6.07, 6.45) is 2.18. The van der Waals surface area contributed by atoms with Gasteiger partial charge >= 0.3 is 0 Å². The maximum atomic E-state index is 12.5. The Hall–Kier alpha value is -2.18. The van der Waals surface area contributed by atoms with Crippen molar-refractivity contribution in [1.29, 1.82) is 0 Å². The van der Waals surface area contributed by atoms with Crippen molar-refractivity contribution >= 4 is 11.8 Å². The molecule has 0 bridgehead atoms. The highest BCUT2D eigenvalue weighted by Crippen LogP contribution is 2.59. The topological polar surface area (TPSA) is 80.1 Å². The molecule has 1 aromatic rings. The van der Waals surface area contributed by atoms with E-state index in [0.29, 0.717) is 31.3 Å². The van der Waals surface area contributed by atoms with E-state index in [1.54, 1.807) is 16.5 Å². The molecule has 2 atom stereocenters. The predicted molar refractivity (Wildman–Crippen MR) is 89.0 cm³/mol. The number of hydrogen-bond acceptors (Lipinski definition) is 4. The van der Waals surface area contributed by atoms with Gasteiger partial charge in [0.2, 0.25) is 11.7 Å². The molecule has 24 heavy (non-hydrogen) atoms. The molecule has 0 spiro atoms. The Balaban J connectivity index is 1.65. The zero-order chi connectivity index (χ0) is 17.6. The summed E-state index contributed by atoms with van der Waals surface area (Å²) in [5.41, 5.74) is 1.22. The second-order valence-electron chi connectivity index (χ2n) is 7.60. The van der Waals surface area contributed by atoms with Gasteiger partial charge in [-0.05, 0) is 25.2 Å². The van der Waals surface area contributed by atoms with Crippen LogP contribution in [0.1, 0.15) is 44.1 Å². The van der Waals surface area contributed by atoms with Crippen LogP contribution in [0.2, 0.25) is 0 Å². The van der Waals surface area contributed by atoms with Crippen LogP contribution in [0.3, 0.4) is 0 Å². The van der Waals surface area contributed by atoms with Gasteiger partial charge in [0.1, 0.15) is 0 Å². The van der Waals surface area contributed by atoms with Crippen LogP contribution in [0.4, 0.5) is 0 Å². The van der Waals surface area contributed by atoms with Crippen molar-refractivity contribution in [2.45, 2.75) is 40.8 Å². The summed E-state index contributed by atoms with van der Waals surface area (Å²) >= 11 is 0. The van der Waals surface area contributed by atoms with Crippen LogP contribution >= 0.6 is 0 Å². The van der Waals surface area contributed by atoms with Crippen LogP contribution in [-0.4, -0.2) is 45.1 Å². The highest BCUT2D eigenvalue weighted by molar-refractivity contribution is 5.91. The molecule has 0 saturated heterocycles. The zero-order valence-corrected chi connectivity index (χ0v) is 15.0. The summed E-state index contributed by atoms with van der Waals surface area (Å²) in [5, 5.41) is 11.0. The fourth-order valence-electron chi connectivity index (χ4n) is 3.51. The second-order valence-corrected chi connectivity index (χ2v) is 7.60. The first-order valence-electron chi connectivity index (χ1n) is 8.33. The number of nitrogens with one attached hydrogen (secondary N) is 1. The van der Waals surface area contributed by atoms with Crippen molar-refractivity contribution in [3.8, 4) is 0 Å². The van der Waals surface area contributed by atoms with E-state index in [9.17, 15) is 9.59 Å². The number of rotatable bonds is 4. The van der Waals surface area contributed by atoms with Gasteiger partial charge in [-0.2, -0.15) is 0 Å². The molecule has 7 nitrogen and oxygen atoms in total. The van der Waals surface area contributed by atoms with Crippen LogP contribution < -0.4 is 5.32 Å². The van der Waals surface area contributed by atoms with Crippen LogP contribution in [0, 0.1) is 17.3 Å². The maximum Gasteiger partial charge on any atom is 0.291 e. The molecule has 0 aromatic carbocycles. The van der Waals surface area contributed by atoms with E-state index in [1.165, 1.54) is 5.57 Å². The molecule has 1 fully saturated rings. The number of amides is 2. The lowest BCUT2D eigenvalue weighted by atomic mass is 10.1. The van der Waals surface area contributed by atoms with Gasteiger partial charge in [0.15, 0.2) is 5.82 Å². The summed E-state index contributed by atoms with van der Waals surface area (Å²) in [7, 11) is 1.75. The second kappa shape index (κ2) is 5.72. The first-order valence-corrected chi connectivity index (χ1v) is 8.33. The number of fused-ring (bicyclic) bond motifs is 1. The average Bonchev–Trinajstić information content (AvgIpc) is 2.85. The van der Waals surface area contributed by atoms with Crippen LogP contribution in [-0.2, 0) is 17.9 Å². The molecule has 7 heteroatoms. The van der Waals surface area contributed by atoms with Gasteiger partial charge in [-0.25, -0.2) is 0 Å². The van der Waals surface area contributed by atoms with E-state index in [-0.39, 0.29) is 29.1 Å². The van der Waals surface area contributed by atoms with Crippen molar-refractivity contribution in [2.75, 3.05) is 13.6 Å². The molecule has 1 aromatic heterocycles. The highest BCUT2D eigenvalue weighted by atomic mass is 16.2. The molecule has 130 valence electrons. The molecular weight excluding hydrogens is 306 g/mol. The predicted octanol–water partition coefficient (Wildman–Crippen LogP) is 1.22. The van der Waals surface area contributed by atoms with Crippen LogP contribution in [0.5, 0.6) is 0 Å². The summed E-state index contributed by atoms with van der Waals surface area (Å²) in [6, 6.07) is 0. The highest BCUT2D eigenvalue weighted by Gasteiger charge is 2.60. The summed E-state index contributed by atoms with van der Waals surface area (Å²) in [6.45, 7) is 9.94. The molecule has 3 rings (SSSR count). The van der Waals surface area contributed by atoms with E-state index in [2.05, 4.69) is 49.3 Å². The fourth-order valence-corrected chi connectivity index (χ4v) is 3.51. The van der Waals surface area contributed by atoms with E-state index in [4.69, 9.17) is 0 Å². The summed E-state index contributed by atoms with van der Waals surface area (Å²) in [5.74, 6) is 1.17. The average molecular weight is 331 g/mol. The molecule has 1 aliphatic heterocycles. The SMILES string of the molecule is CC(C)=CC1C(C(=O)NCc2nnc3n2CCN(C)C3=O)C1(C)C. The molecule has 2 heterocycles. The van der Waals surface area contributed by atoms with Gasteiger partial charge in [0.25, 0.3) is 5.91 Å². The Morgan fingerprint density at radius 2 is 2.04 bits per heavy atom. The molecule has 2 amide bonds. The molecule has 2 aliphatic rings. The minimum atomic E-state index is -0.127. The van der Waals surface area contributed by atoms with Gasteiger partial charge in [0, 0.05) is 20.1 Å². The number of allylic oxidation sites excluding steroid dienone is 2. The number of likely N-dealkylation sites (N-methyl/N-ethyl adjacent to an activating group) is 1. The first kappa shape index (κ1) is 16.7. The van der Waals surface area contributed by atoms with Crippen molar-refractivity contribution in [2.24, 2.45) is 17.3 Å². The third kappa shape index (κ3) is 2.72. The molecule has 1 aliphatic carbocycles. The van der Waals surface area contributed by atoms with Gasteiger partial charge in [-0.3, -0.25) is 9.59 Å². The third-order valence-electron chi connectivity index (χ3n) is 5.15. The van der Waals surface area contributed by atoms with Gasteiger partial charge in [-0.15, -0.1) is 10.2 Å². The Morgan fingerprint density at radius 3 is 2.71 bits per heavy atom. The van der Waals surface area contributed by atoms with E-state index in [0.717, 1.165) is 0 Å². The normalized spacial score (nSPS) is 24.4. The van der Waals surface area contributed by atoms with Crippen LogP contribution in [0.25, 0.3) is 0 Å². The monoisotopic (exact) mass is 331 g/mol. The van der Waals surface area contributed by atoms with Gasteiger partial charge in [0.05, 0.1) is 12.5 Å². The minimum Gasteiger partial charge on any atom is -0.349 e. The number of hydrogen-bond donors (Lipinski definition) is 1. The Kier molecular flexibility index (Phi) is 3.97. The molecule has 1 N–H and O–H groups in total. The Bertz CT molecular complexity index is 715. The van der Waals surface area contributed by atoms with E-state index < -0.39 is 0 Å². The third-order valence-corrected chi connectivity index (χ3v) is 5.15. The quantitative estimate of drug-likeness (QED) is 0.841. The Morgan fingerprint density at radius 1 is 1.33 bits per heavy atom. The number of carbonyl (C=O) groups is 2. The number of aromatic nitrogens is 3. The lowest BCUT2D eigenvalue weighted by Crippen LogP contribution is -2.38. The zero-order valence-electron chi connectivity index (χ0n) is 15.0. The van der Waals surface area contributed by atoms with E-state index >= 15 is 0 Å². The lowest BCUT2D eigenvalue weighted by Gasteiger charge is -2.23. The van der Waals surface area contributed by atoms with Gasteiger partial charge < -0.3 is 14.8 Å². The molecular formula is C17H25N5O2. The summed E-state index contributed by atoms with van der Waals surface area (Å²) < 4.78 is 1.80. The first-order chi connectivity index (χ1) is 11.2. The van der Waals surface area contributed by atoms with Crippen molar-refractivity contribution in [3.63, 3.8) is 0 Å².